The van der Waals surface area contributed by atoms with Gasteiger partial charge in [-0.3, -0.25) is 4.90 Å². The zero-order valence-corrected chi connectivity index (χ0v) is 8.55. The van der Waals surface area contributed by atoms with Crippen LogP contribution in [0.5, 0.6) is 0 Å². The van der Waals surface area contributed by atoms with Crippen LogP contribution < -0.4 is 5.73 Å². The summed E-state index contributed by atoms with van der Waals surface area (Å²) in [4.78, 5) is 2.14. The second kappa shape index (κ2) is 4.64. The lowest BCUT2D eigenvalue weighted by molar-refractivity contribution is 0.211. The Labute approximate surface area is 81.5 Å². The average molecular weight is 180 g/mol. The van der Waals surface area contributed by atoms with Gasteiger partial charge in [0.15, 0.2) is 0 Å². The molecule has 0 aromatic carbocycles. The summed E-state index contributed by atoms with van der Waals surface area (Å²) in [6.45, 7) is 1.65. The number of likely N-dealkylation sites (N-methyl/N-ethyl adjacent to an activating group) is 1. The Morgan fingerprint density at radius 2 is 2.00 bits per heavy atom. The Kier molecular flexibility index (Phi) is 3.77. The van der Waals surface area contributed by atoms with Gasteiger partial charge in [-0.1, -0.05) is 25.2 Å². The molecule has 0 spiro atoms. The van der Waals surface area contributed by atoms with Crippen LogP contribution in [0.3, 0.4) is 0 Å². The van der Waals surface area contributed by atoms with Crippen molar-refractivity contribution in [2.24, 2.45) is 5.73 Å². The summed E-state index contributed by atoms with van der Waals surface area (Å²) in [7, 11) is 2.04. The number of hydrogen-bond donors (Lipinski definition) is 1. The van der Waals surface area contributed by atoms with Crippen molar-refractivity contribution in [3.8, 4) is 12.3 Å². The van der Waals surface area contributed by atoms with Crippen molar-refractivity contribution >= 4 is 0 Å². The number of hydrogen-bond acceptors (Lipinski definition) is 2. The van der Waals surface area contributed by atoms with E-state index in [9.17, 15) is 0 Å². The van der Waals surface area contributed by atoms with Gasteiger partial charge in [-0.25, -0.2) is 0 Å². The van der Waals surface area contributed by atoms with E-state index in [1.54, 1.807) is 0 Å². The summed E-state index contributed by atoms with van der Waals surface area (Å²) in [5.41, 5.74) is 6.31. The summed E-state index contributed by atoms with van der Waals surface area (Å²) < 4.78 is 0. The lowest BCUT2D eigenvalue weighted by Crippen LogP contribution is -2.50. The molecule has 1 aliphatic carbocycles. The van der Waals surface area contributed by atoms with Crippen LogP contribution in [0.15, 0.2) is 0 Å². The summed E-state index contributed by atoms with van der Waals surface area (Å²) in [6.07, 6.45) is 11.5. The van der Waals surface area contributed by atoms with E-state index in [1.165, 1.54) is 19.3 Å². The molecule has 0 aromatic heterocycles. The van der Waals surface area contributed by atoms with Gasteiger partial charge in [-0.15, -0.1) is 6.42 Å². The quantitative estimate of drug-likeness (QED) is 0.662. The molecule has 0 heterocycles. The number of nitrogens with zero attached hydrogens (tertiary/aromatic N) is 1. The van der Waals surface area contributed by atoms with Gasteiger partial charge in [0.05, 0.1) is 6.54 Å². The molecule has 0 aliphatic heterocycles. The van der Waals surface area contributed by atoms with Crippen LogP contribution in [0.1, 0.15) is 32.1 Å². The fraction of sp³-hybridized carbons (Fsp3) is 0.818. The lowest BCUT2D eigenvalue weighted by atomic mass is 9.82. The Hall–Kier alpha value is -0.520. The fourth-order valence-electron chi connectivity index (χ4n) is 2.16. The van der Waals surface area contributed by atoms with Gasteiger partial charge in [0, 0.05) is 12.1 Å². The second-order valence-electron chi connectivity index (χ2n) is 4.30. The Balaban J connectivity index is 2.36. The molecule has 1 rings (SSSR count). The van der Waals surface area contributed by atoms with E-state index >= 15 is 0 Å². The lowest BCUT2D eigenvalue weighted by Gasteiger charge is -2.36. The maximum atomic E-state index is 6.28. The molecule has 1 fully saturated rings. The summed E-state index contributed by atoms with van der Waals surface area (Å²) >= 11 is 0. The molecule has 0 amide bonds. The largest absolute Gasteiger partial charge is 0.324 e. The molecule has 1 aliphatic rings. The second-order valence-corrected chi connectivity index (χ2v) is 4.30. The van der Waals surface area contributed by atoms with E-state index < -0.39 is 0 Å². The monoisotopic (exact) mass is 180 g/mol. The van der Waals surface area contributed by atoms with Crippen molar-refractivity contribution in [1.29, 1.82) is 0 Å². The van der Waals surface area contributed by atoms with Crippen molar-refractivity contribution in [2.75, 3.05) is 20.1 Å². The van der Waals surface area contributed by atoms with E-state index in [0.29, 0.717) is 6.54 Å². The normalized spacial score (nSPS) is 21.4. The third-order valence-corrected chi connectivity index (χ3v) is 2.80. The highest BCUT2D eigenvalue weighted by Gasteiger charge is 2.28. The molecular formula is C11H20N2. The third-order valence-electron chi connectivity index (χ3n) is 2.80. The zero-order valence-electron chi connectivity index (χ0n) is 8.55. The van der Waals surface area contributed by atoms with Crippen molar-refractivity contribution in [3.63, 3.8) is 0 Å². The van der Waals surface area contributed by atoms with E-state index in [2.05, 4.69) is 10.8 Å². The minimum absolute atomic E-state index is 0.0316. The van der Waals surface area contributed by atoms with Crippen LogP contribution in [-0.2, 0) is 0 Å². The Morgan fingerprint density at radius 3 is 2.54 bits per heavy atom. The smallest absolute Gasteiger partial charge is 0.0597 e. The highest BCUT2D eigenvalue weighted by atomic mass is 15.1. The van der Waals surface area contributed by atoms with Crippen molar-refractivity contribution in [1.82, 2.24) is 4.90 Å². The summed E-state index contributed by atoms with van der Waals surface area (Å²) in [5, 5.41) is 0. The van der Waals surface area contributed by atoms with E-state index in [-0.39, 0.29) is 5.54 Å². The molecule has 0 bridgehead atoms. The van der Waals surface area contributed by atoms with Crippen LogP contribution >= 0.6 is 0 Å². The predicted molar refractivity (Wildman–Crippen MR) is 56.3 cm³/mol. The van der Waals surface area contributed by atoms with Gasteiger partial charge >= 0.3 is 0 Å². The Bertz CT molecular complexity index is 187. The summed E-state index contributed by atoms with van der Waals surface area (Å²) in [5.74, 6) is 2.64. The highest BCUT2D eigenvalue weighted by Crippen LogP contribution is 2.26. The molecule has 0 aromatic rings. The first kappa shape index (κ1) is 10.6. The van der Waals surface area contributed by atoms with Crippen LogP contribution in [0, 0.1) is 12.3 Å². The molecule has 2 heteroatoms. The SMILES string of the molecule is C#CCN(C)CC1(N)CCCCC1. The zero-order chi connectivity index (χ0) is 9.73. The van der Waals surface area contributed by atoms with Crippen LogP contribution in [-0.4, -0.2) is 30.6 Å². The first-order valence-corrected chi connectivity index (χ1v) is 5.07. The van der Waals surface area contributed by atoms with Gasteiger partial charge in [0.1, 0.15) is 0 Å². The maximum Gasteiger partial charge on any atom is 0.0597 e. The first-order valence-electron chi connectivity index (χ1n) is 5.07. The highest BCUT2D eigenvalue weighted by molar-refractivity contribution is 4.93. The third kappa shape index (κ3) is 3.38. The molecular weight excluding hydrogens is 160 g/mol. The van der Waals surface area contributed by atoms with Gasteiger partial charge in [-0.2, -0.15) is 0 Å². The van der Waals surface area contributed by atoms with Gasteiger partial charge in [-0.05, 0) is 19.9 Å². The molecule has 2 nitrogen and oxygen atoms in total. The van der Waals surface area contributed by atoms with E-state index in [4.69, 9.17) is 12.2 Å². The minimum atomic E-state index is 0.0316. The van der Waals surface area contributed by atoms with Crippen LogP contribution in [0.2, 0.25) is 0 Å². The topological polar surface area (TPSA) is 29.3 Å². The van der Waals surface area contributed by atoms with Crippen LogP contribution in [0.4, 0.5) is 0 Å². The van der Waals surface area contributed by atoms with E-state index in [1.807, 2.05) is 7.05 Å². The van der Waals surface area contributed by atoms with E-state index in [0.717, 1.165) is 19.4 Å². The van der Waals surface area contributed by atoms with Crippen molar-refractivity contribution in [2.45, 2.75) is 37.6 Å². The average Bonchev–Trinajstić information content (AvgIpc) is 2.04. The first-order chi connectivity index (χ1) is 6.16. The van der Waals surface area contributed by atoms with Gasteiger partial charge in [0.25, 0.3) is 0 Å². The van der Waals surface area contributed by atoms with Crippen LogP contribution in [0.25, 0.3) is 0 Å². The van der Waals surface area contributed by atoms with Crippen molar-refractivity contribution < 1.29 is 0 Å². The number of rotatable bonds is 3. The maximum absolute atomic E-state index is 6.28. The number of nitrogens with two attached hydrogens (primary N) is 1. The van der Waals surface area contributed by atoms with Gasteiger partial charge < -0.3 is 5.73 Å². The standard InChI is InChI=1S/C11H20N2/c1-3-9-13(2)10-11(12)7-5-4-6-8-11/h1H,4-10,12H2,2H3. The number of terminal acetylenes is 1. The molecule has 0 unspecified atom stereocenters. The molecule has 1 saturated carbocycles. The van der Waals surface area contributed by atoms with Crippen molar-refractivity contribution in [3.05, 3.63) is 0 Å². The molecule has 0 atom stereocenters. The molecule has 2 N–H and O–H groups in total. The van der Waals surface area contributed by atoms with Gasteiger partial charge in [0.2, 0.25) is 0 Å². The molecule has 0 radical (unpaired) electrons. The minimum Gasteiger partial charge on any atom is -0.324 e. The fourth-order valence-corrected chi connectivity index (χ4v) is 2.16. The molecule has 13 heavy (non-hydrogen) atoms. The summed E-state index contributed by atoms with van der Waals surface area (Å²) in [6, 6.07) is 0. The predicted octanol–water partition coefficient (Wildman–Crippen LogP) is 1.21. The molecule has 74 valence electrons. The Morgan fingerprint density at radius 1 is 1.38 bits per heavy atom. The molecule has 0 saturated heterocycles.